The number of nitrogens with one attached hydrogen (secondary N) is 2. The van der Waals surface area contributed by atoms with E-state index >= 15 is 0 Å². The van der Waals surface area contributed by atoms with E-state index in [-0.39, 0.29) is 21.8 Å². The SMILES string of the molecule is O=C(Nc1cccc(F)c1)c1cncc(C(=O)Nc2ccc(F)c(Cl)c2)c1. The van der Waals surface area contributed by atoms with E-state index < -0.39 is 23.4 Å². The van der Waals surface area contributed by atoms with Crippen molar-refractivity contribution in [2.75, 3.05) is 10.6 Å². The average molecular weight is 388 g/mol. The lowest BCUT2D eigenvalue weighted by molar-refractivity contribution is 0.102. The molecule has 27 heavy (non-hydrogen) atoms. The van der Waals surface area contributed by atoms with Crippen molar-refractivity contribution in [3.05, 3.63) is 88.7 Å². The molecule has 0 radical (unpaired) electrons. The number of hydrogen-bond donors (Lipinski definition) is 2. The fourth-order valence-corrected chi connectivity index (χ4v) is 2.42. The lowest BCUT2D eigenvalue weighted by Crippen LogP contribution is -2.16. The molecule has 2 aromatic carbocycles. The van der Waals surface area contributed by atoms with Crippen molar-refractivity contribution in [2.45, 2.75) is 0 Å². The van der Waals surface area contributed by atoms with E-state index in [2.05, 4.69) is 15.6 Å². The molecule has 0 unspecified atom stereocenters. The number of benzene rings is 2. The van der Waals surface area contributed by atoms with Crippen molar-refractivity contribution in [1.82, 2.24) is 4.98 Å². The zero-order valence-electron chi connectivity index (χ0n) is 13.7. The molecule has 136 valence electrons. The molecule has 0 saturated carbocycles. The number of pyridine rings is 1. The summed E-state index contributed by atoms with van der Waals surface area (Å²) < 4.78 is 26.4. The van der Waals surface area contributed by atoms with Crippen LogP contribution in [0.15, 0.2) is 60.9 Å². The number of carbonyl (C=O) groups excluding carboxylic acids is 2. The minimum Gasteiger partial charge on any atom is -0.322 e. The summed E-state index contributed by atoms with van der Waals surface area (Å²) in [6, 6.07) is 10.5. The van der Waals surface area contributed by atoms with Gasteiger partial charge in [-0.25, -0.2) is 8.78 Å². The third-order valence-corrected chi connectivity index (χ3v) is 3.81. The summed E-state index contributed by atoms with van der Waals surface area (Å²) in [5.41, 5.74) is 0.795. The van der Waals surface area contributed by atoms with Crippen LogP contribution in [0.2, 0.25) is 5.02 Å². The normalized spacial score (nSPS) is 10.3. The van der Waals surface area contributed by atoms with E-state index in [1.165, 1.54) is 54.9 Å². The topological polar surface area (TPSA) is 71.1 Å². The van der Waals surface area contributed by atoms with Gasteiger partial charge in [0.05, 0.1) is 16.1 Å². The van der Waals surface area contributed by atoms with Crippen molar-refractivity contribution in [1.29, 1.82) is 0 Å². The van der Waals surface area contributed by atoms with Crippen LogP contribution in [-0.4, -0.2) is 16.8 Å². The van der Waals surface area contributed by atoms with Gasteiger partial charge in [-0.05, 0) is 42.5 Å². The van der Waals surface area contributed by atoms with Crippen LogP contribution in [0, 0.1) is 11.6 Å². The van der Waals surface area contributed by atoms with Gasteiger partial charge in [0, 0.05) is 23.8 Å². The number of nitrogens with zero attached hydrogens (tertiary/aromatic N) is 1. The van der Waals surface area contributed by atoms with Crippen LogP contribution < -0.4 is 10.6 Å². The monoisotopic (exact) mass is 387 g/mol. The Bertz CT molecular complexity index is 1030. The minimum atomic E-state index is -0.604. The second-order valence-corrected chi connectivity index (χ2v) is 5.92. The van der Waals surface area contributed by atoms with Gasteiger partial charge in [-0.3, -0.25) is 14.6 Å². The first-order valence-electron chi connectivity index (χ1n) is 7.71. The number of anilines is 2. The molecule has 0 atom stereocenters. The van der Waals surface area contributed by atoms with Crippen LogP contribution >= 0.6 is 11.6 Å². The molecule has 5 nitrogen and oxygen atoms in total. The highest BCUT2D eigenvalue weighted by atomic mass is 35.5. The molecule has 0 saturated heterocycles. The summed E-state index contributed by atoms with van der Waals surface area (Å²) in [7, 11) is 0. The van der Waals surface area contributed by atoms with E-state index in [0.29, 0.717) is 5.69 Å². The van der Waals surface area contributed by atoms with Crippen LogP contribution in [0.5, 0.6) is 0 Å². The summed E-state index contributed by atoms with van der Waals surface area (Å²) in [5, 5.41) is 4.93. The van der Waals surface area contributed by atoms with Gasteiger partial charge in [-0.1, -0.05) is 17.7 Å². The van der Waals surface area contributed by atoms with Crippen molar-refractivity contribution in [3.63, 3.8) is 0 Å². The second-order valence-electron chi connectivity index (χ2n) is 5.51. The molecule has 0 bridgehead atoms. The quantitative estimate of drug-likeness (QED) is 0.691. The van der Waals surface area contributed by atoms with Crippen molar-refractivity contribution in [2.24, 2.45) is 0 Å². The summed E-state index contributed by atoms with van der Waals surface area (Å²) in [6.07, 6.45) is 2.56. The number of halogens is 3. The molecule has 1 aromatic heterocycles. The summed E-state index contributed by atoms with van der Waals surface area (Å²) in [5.74, 6) is -2.19. The van der Waals surface area contributed by atoms with E-state index in [9.17, 15) is 18.4 Å². The molecular weight excluding hydrogens is 376 g/mol. The van der Waals surface area contributed by atoms with Crippen molar-refractivity contribution in [3.8, 4) is 0 Å². The van der Waals surface area contributed by atoms with Crippen LogP contribution in [-0.2, 0) is 0 Å². The highest BCUT2D eigenvalue weighted by Crippen LogP contribution is 2.20. The minimum absolute atomic E-state index is 0.113. The molecule has 1 heterocycles. The Morgan fingerprint density at radius 3 is 2.07 bits per heavy atom. The first kappa shape index (κ1) is 18.5. The Morgan fingerprint density at radius 1 is 0.852 bits per heavy atom. The molecule has 2 N–H and O–H groups in total. The van der Waals surface area contributed by atoms with Crippen LogP contribution in [0.4, 0.5) is 20.2 Å². The van der Waals surface area contributed by atoms with Gasteiger partial charge < -0.3 is 10.6 Å². The van der Waals surface area contributed by atoms with E-state index in [1.54, 1.807) is 0 Å². The van der Waals surface area contributed by atoms with Gasteiger partial charge in [-0.2, -0.15) is 0 Å². The molecule has 2 amide bonds. The molecular formula is C19H12ClF2N3O2. The first-order valence-corrected chi connectivity index (χ1v) is 8.08. The Balaban J connectivity index is 1.75. The number of carbonyl (C=O) groups is 2. The number of rotatable bonds is 4. The predicted octanol–water partition coefficient (Wildman–Crippen LogP) is 4.52. The van der Waals surface area contributed by atoms with E-state index in [1.807, 2.05) is 0 Å². The molecule has 3 aromatic rings. The Labute approximate surface area is 158 Å². The Morgan fingerprint density at radius 2 is 1.48 bits per heavy atom. The molecule has 3 rings (SSSR count). The average Bonchev–Trinajstić information content (AvgIpc) is 2.65. The maximum atomic E-state index is 13.2. The fourth-order valence-electron chi connectivity index (χ4n) is 2.23. The molecule has 0 aliphatic carbocycles. The van der Waals surface area contributed by atoms with Crippen LogP contribution in [0.3, 0.4) is 0 Å². The molecule has 8 heteroatoms. The lowest BCUT2D eigenvalue weighted by Gasteiger charge is -2.08. The fraction of sp³-hybridized carbons (Fsp3) is 0. The zero-order chi connectivity index (χ0) is 19.4. The lowest BCUT2D eigenvalue weighted by atomic mass is 10.1. The maximum absolute atomic E-state index is 13.2. The molecule has 0 fully saturated rings. The third kappa shape index (κ3) is 4.65. The van der Waals surface area contributed by atoms with Crippen LogP contribution in [0.1, 0.15) is 20.7 Å². The molecule has 0 aliphatic heterocycles. The summed E-state index contributed by atoms with van der Waals surface area (Å²) in [6.45, 7) is 0. The Hall–Kier alpha value is -3.32. The van der Waals surface area contributed by atoms with Crippen molar-refractivity contribution < 1.29 is 18.4 Å². The largest absolute Gasteiger partial charge is 0.322 e. The molecule has 0 aliphatic rings. The smallest absolute Gasteiger partial charge is 0.257 e. The first-order chi connectivity index (χ1) is 12.9. The van der Waals surface area contributed by atoms with Gasteiger partial charge in [0.2, 0.25) is 0 Å². The highest BCUT2D eigenvalue weighted by Gasteiger charge is 2.13. The predicted molar refractivity (Wildman–Crippen MR) is 98.0 cm³/mol. The van der Waals surface area contributed by atoms with Gasteiger partial charge in [-0.15, -0.1) is 0 Å². The standard InChI is InChI=1S/C19H12ClF2N3O2/c20-16-8-15(4-5-17(16)22)25-19(27)12-6-11(9-23-10-12)18(26)24-14-3-1-2-13(21)7-14/h1-10H,(H,24,26)(H,25,27). The second kappa shape index (κ2) is 7.92. The Kier molecular flexibility index (Phi) is 5.42. The van der Waals surface area contributed by atoms with Gasteiger partial charge >= 0.3 is 0 Å². The van der Waals surface area contributed by atoms with Crippen molar-refractivity contribution >= 4 is 34.8 Å². The molecule has 0 spiro atoms. The number of aromatic nitrogens is 1. The zero-order valence-corrected chi connectivity index (χ0v) is 14.4. The van der Waals surface area contributed by atoms with E-state index in [4.69, 9.17) is 11.6 Å². The van der Waals surface area contributed by atoms with Gasteiger partial charge in [0.25, 0.3) is 11.8 Å². The summed E-state index contributed by atoms with van der Waals surface area (Å²) in [4.78, 5) is 28.5. The van der Waals surface area contributed by atoms with Gasteiger partial charge in [0.1, 0.15) is 11.6 Å². The van der Waals surface area contributed by atoms with Gasteiger partial charge in [0.15, 0.2) is 0 Å². The third-order valence-electron chi connectivity index (χ3n) is 3.52. The van der Waals surface area contributed by atoms with E-state index in [0.717, 1.165) is 6.07 Å². The number of hydrogen-bond acceptors (Lipinski definition) is 3. The summed E-state index contributed by atoms with van der Waals surface area (Å²) >= 11 is 5.68. The number of amides is 2. The highest BCUT2D eigenvalue weighted by molar-refractivity contribution is 6.31. The van der Waals surface area contributed by atoms with Crippen LogP contribution in [0.25, 0.3) is 0 Å². The maximum Gasteiger partial charge on any atom is 0.257 e.